The second kappa shape index (κ2) is 7.09. The summed E-state index contributed by atoms with van der Waals surface area (Å²) in [4.78, 5) is 13.5. The molecule has 1 aliphatic heterocycles. The van der Waals surface area contributed by atoms with E-state index < -0.39 is 0 Å². The molecule has 0 spiro atoms. The van der Waals surface area contributed by atoms with Gasteiger partial charge >= 0.3 is 0 Å². The minimum absolute atomic E-state index is 0.265. The highest BCUT2D eigenvalue weighted by molar-refractivity contribution is 9.10. The Balaban J connectivity index is 1.88. The number of methoxy groups -OCH3 is 1. The van der Waals surface area contributed by atoms with E-state index in [1.165, 1.54) is 0 Å². The van der Waals surface area contributed by atoms with Gasteiger partial charge in [0.2, 0.25) is 5.91 Å². The predicted molar refractivity (Wildman–Crippen MR) is 82.8 cm³/mol. The van der Waals surface area contributed by atoms with Gasteiger partial charge in [0.1, 0.15) is 5.75 Å². The number of ether oxygens (including phenoxy) is 1. The molecule has 1 heterocycles. The van der Waals surface area contributed by atoms with Crippen molar-refractivity contribution in [2.24, 2.45) is 0 Å². The first-order valence-corrected chi connectivity index (χ1v) is 7.73. The molecule has 0 saturated carbocycles. The van der Waals surface area contributed by atoms with Crippen LogP contribution in [0.3, 0.4) is 0 Å². The molecule has 0 aromatic heterocycles. The molecule has 1 saturated heterocycles. The molecule has 2 rings (SSSR count). The number of amides is 1. The Morgan fingerprint density at radius 1 is 1.50 bits per heavy atom. The van der Waals surface area contributed by atoms with Crippen LogP contribution in [0.5, 0.6) is 5.75 Å². The fourth-order valence-electron chi connectivity index (χ4n) is 2.46. The van der Waals surface area contributed by atoms with E-state index in [0.717, 1.165) is 41.8 Å². The van der Waals surface area contributed by atoms with Gasteiger partial charge in [-0.1, -0.05) is 15.9 Å². The van der Waals surface area contributed by atoms with Gasteiger partial charge in [-0.3, -0.25) is 4.79 Å². The lowest BCUT2D eigenvalue weighted by molar-refractivity contribution is -0.127. The van der Waals surface area contributed by atoms with E-state index in [0.29, 0.717) is 6.42 Å². The Labute approximate surface area is 128 Å². The molecule has 1 N–H and O–H groups in total. The second-order valence-electron chi connectivity index (χ2n) is 5.18. The van der Waals surface area contributed by atoms with Crippen LogP contribution in [-0.4, -0.2) is 37.0 Å². The van der Waals surface area contributed by atoms with Crippen molar-refractivity contribution < 1.29 is 9.53 Å². The SMILES string of the molecule is COc1ccc(Br)cc1CNC(C)CN1CCCC1=O. The van der Waals surface area contributed by atoms with Crippen molar-refractivity contribution in [2.75, 3.05) is 20.2 Å². The lowest BCUT2D eigenvalue weighted by atomic mass is 10.2. The summed E-state index contributed by atoms with van der Waals surface area (Å²) in [6, 6.07) is 6.24. The number of benzene rings is 1. The molecular formula is C15H21BrN2O2. The van der Waals surface area contributed by atoms with Gasteiger partial charge in [0.25, 0.3) is 0 Å². The van der Waals surface area contributed by atoms with Crippen LogP contribution in [0.1, 0.15) is 25.3 Å². The fraction of sp³-hybridized carbons (Fsp3) is 0.533. The van der Waals surface area contributed by atoms with E-state index in [-0.39, 0.29) is 11.9 Å². The van der Waals surface area contributed by atoms with E-state index in [1.807, 2.05) is 17.0 Å². The lowest BCUT2D eigenvalue weighted by Crippen LogP contribution is -2.39. The maximum atomic E-state index is 11.6. The average molecular weight is 341 g/mol. The van der Waals surface area contributed by atoms with Crippen molar-refractivity contribution in [3.8, 4) is 5.75 Å². The molecule has 1 aromatic carbocycles. The van der Waals surface area contributed by atoms with Gasteiger partial charge in [-0.25, -0.2) is 0 Å². The number of carbonyl (C=O) groups is 1. The van der Waals surface area contributed by atoms with Gasteiger partial charge in [-0.15, -0.1) is 0 Å². The quantitative estimate of drug-likeness (QED) is 0.865. The Bertz CT molecular complexity index is 479. The first-order chi connectivity index (χ1) is 9.60. The summed E-state index contributed by atoms with van der Waals surface area (Å²) in [5.41, 5.74) is 1.11. The lowest BCUT2D eigenvalue weighted by Gasteiger charge is -2.22. The molecule has 1 aliphatic rings. The minimum Gasteiger partial charge on any atom is -0.496 e. The number of rotatable bonds is 6. The van der Waals surface area contributed by atoms with Gasteiger partial charge in [0.15, 0.2) is 0 Å². The van der Waals surface area contributed by atoms with Crippen LogP contribution in [0.4, 0.5) is 0 Å². The standard InChI is InChI=1S/C15H21BrN2O2/c1-11(10-18-7-3-4-15(18)19)17-9-12-8-13(16)5-6-14(12)20-2/h5-6,8,11,17H,3-4,7,9-10H2,1-2H3. The summed E-state index contributed by atoms with van der Waals surface area (Å²) in [7, 11) is 1.68. The molecule has 110 valence electrons. The summed E-state index contributed by atoms with van der Waals surface area (Å²) in [5.74, 6) is 1.16. The van der Waals surface area contributed by atoms with Gasteiger partial charge in [-0.05, 0) is 31.5 Å². The van der Waals surface area contributed by atoms with Gasteiger partial charge in [0.05, 0.1) is 7.11 Å². The summed E-state index contributed by atoms with van der Waals surface area (Å²) >= 11 is 3.48. The molecular weight excluding hydrogens is 320 g/mol. The monoisotopic (exact) mass is 340 g/mol. The molecule has 1 unspecified atom stereocenters. The molecule has 1 fully saturated rings. The van der Waals surface area contributed by atoms with Crippen molar-refractivity contribution in [2.45, 2.75) is 32.4 Å². The van der Waals surface area contributed by atoms with Crippen LogP contribution in [-0.2, 0) is 11.3 Å². The largest absolute Gasteiger partial charge is 0.496 e. The molecule has 5 heteroatoms. The zero-order chi connectivity index (χ0) is 14.5. The summed E-state index contributed by atoms with van der Waals surface area (Å²) in [6.07, 6.45) is 1.69. The zero-order valence-electron chi connectivity index (χ0n) is 12.0. The van der Waals surface area contributed by atoms with Crippen LogP contribution in [0, 0.1) is 0 Å². The third-order valence-corrected chi connectivity index (χ3v) is 4.04. The topological polar surface area (TPSA) is 41.6 Å². The van der Waals surface area contributed by atoms with Crippen molar-refractivity contribution in [1.82, 2.24) is 10.2 Å². The van der Waals surface area contributed by atoms with E-state index >= 15 is 0 Å². The average Bonchev–Trinajstić information content (AvgIpc) is 2.82. The highest BCUT2D eigenvalue weighted by Gasteiger charge is 2.21. The Kier molecular flexibility index (Phi) is 5.43. The second-order valence-corrected chi connectivity index (χ2v) is 6.10. The smallest absolute Gasteiger partial charge is 0.222 e. The van der Waals surface area contributed by atoms with Crippen molar-refractivity contribution in [3.05, 3.63) is 28.2 Å². The molecule has 0 radical (unpaired) electrons. The summed E-state index contributed by atoms with van der Waals surface area (Å²) < 4.78 is 6.40. The first-order valence-electron chi connectivity index (χ1n) is 6.93. The van der Waals surface area contributed by atoms with Crippen LogP contribution in [0.15, 0.2) is 22.7 Å². The summed E-state index contributed by atoms with van der Waals surface area (Å²) in [5, 5.41) is 3.45. The number of carbonyl (C=O) groups excluding carboxylic acids is 1. The molecule has 20 heavy (non-hydrogen) atoms. The molecule has 1 aromatic rings. The normalized spacial score (nSPS) is 16.6. The van der Waals surface area contributed by atoms with Gasteiger partial charge in [-0.2, -0.15) is 0 Å². The minimum atomic E-state index is 0.265. The Morgan fingerprint density at radius 2 is 2.30 bits per heavy atom. The van der Waals surface area contributed by atoms with Crippen LogP contribution in [0.25, 0.3) is 0 Å². The molecule has 1 atom stereocenters. The number of likely N-dealkylation sites (tertiary alicyclic amines) is 1. The van der Waals surface area contributed by atoms with E-state index in [9.17, 15) is 4.79 Å². The highest BCUT2D eigenvalue weighted by Crippen LogP contribution is 2.22. The number of hydrogen-bond acceptors (Lipinski definition) is 3. The van der Waals surface area contributed by atoms with E-state index in [4.69, 9.17) is 4.74 Å². The Morgan fingerprint density at radius 3 is 2.95 bits per heavy atom. The first kappa shape index (κ1) is 15.3. The molecule has 0 aliphatic carbocycles. The fourth-order valence-corrected chi connectivity index (χ4v) is 2.87. The van der Waals surface area contributed by atoms with E-state index in [1.54, 1.807) is 7.11 Å². The molecule has 4 nitrogen and oxygen atoms in total. The maximum Gasteiger partial charge on any atom is 0.222 e. The Hall–Kier alpha value is -1.07. The van der Waals surface area contributed by atoms with Gasteiger partial charge < -0.3 is 15.0 Å². The number of nitrogens with zero attached hydrogens (tertiary/aromatic N) is 1. The maximum absolute atomic E-state index is 11.6. The third-order valence-electron chi connectivity index (χ3n) is 3.55. The molecule has 0 bridgehead atoms. The van der Waals surface area contributed by atoms with Crippen LogP contribution in [0.2, 0.25) is 0 Å². The van der Waals surface area contributed by atoms with Crippen molar-refractivity contribution in [1.29, 1.82) is 0 Å². The van der Waals surface area contributed by atoms with Gasteiger partial charge in [0, 0.05) is 42.1 Å². The molecule has 1 amide bonds. The van der Waals surface area contributed by atoms with Crippen LogP contribution >= 0.6 is 15.9 Å². The van der Waals surface area contributed by atoms with Crippen molar-refractivity contribution >= 4 is 21.8 Å². The van der Waals surface area contributed by atoms with E-state index in [2.05, 4.69) is 34.2 Å². The number of hydrogen-bond donors (Lipinski definition) is 1. The van der Waals surface area contributed by atoms with Crippen molar-refractivity contribution in [3.63, 3.8) is 0 Å². The zero-order valence-corrected chi connectivity index (χ0v) is 13.6. The number of nitrogens with one attached hydrogen (secondary N) is 1. The predicted octanol–water partition coefficient (Wildman–Crippen LogP) is 2.56. The van der Waals surface area contributed by atoms with Crippen LogP contribution < -0.4 is 10.1 Å². The highest BCUT2D eigenvalue weighted by atomic mass is 79.9. The summed E-state index contributed by atoms with van der Waals surface area (Å²) in [6.45, 7) is 4.50. The number of halogens is 1. The third kappa shape index (κ3) is 3.96.